The summed E-state index contributed by atoms with van der Waals surface area (Å²) in [4.78, 5) is 11.6. The van der Waals surface area contributed by atoms with E-state index in [1.165, 1.54) is 11.8 Å². The molecule has 2 rings (SSSR count). The molecule has 4 heteroatoms. The van der Waals surface area contributed by atoms with Gasteiger partial charge in [0.25, 0.3) is 0 Å². The average Bonchev–Trinajstić information content (AvgIpc) is 2.68. The van der Waals surface area contributed by atoms with Crippen molar-refractivity contribution in [2.75, 3.05) is 0 Å². The second kappa shape index (κ2) is 3.75. The van der Waals surface area contributed by atoms with Crippen LogP contribution < -0.4 is 5.32 Å². The summed E-state index contributed by atoms with van der Waals surface area (Å²) in [6.45, 7) is 0. The molecule has 1 atom stereocenters. The first-order valence-corrected chi connectivity index (χ1v) is 5.06. The quantitative estimate of drug-likeness (QED) is 0.775. The molecule has 1 unspecified atom stereocenters. The highest BCUT2D eigenvalue weighted by molar-refractivity contribution is 8.09. The van der Waals surface area contributed by atoms with E-state index in [1.54, 1.807) is 6.20 Å². The van der Waals surface area contributed by atoms with Crippen LogP contribution in [-0.2, 0) is 4.79 Å². The van der Waals surface area contributed by atoms with Crippen molar-refractivity contribution in [2.24, 2.45) is 0 Å². The fourth-order valence-electron chi connectivity index (χ4n) is 1.22. The second-order valence-corrected chi connectivity index (χ2v) is 4.02. The number of nitrogens with one attached hydrogen (secondary N) is 1. The molecule has 1 aliphatic heterocycles. The molecule has 3 nitrogen and oxygen atoms in total. The van der Waals surface area contributed by atoms with Crippen LogP contribution in [-0.4, -0.2) is 16.4 Å². The standard InChI is InChI=1S/C10H9NO2S/c12-10(13)9-11-6-8(14-9)7-4-2-1-3-5-7/h1-6,9,11H,(H,12,13). The van der Waals surface area contributed by atoms with E-state index in [4.69, 9.17) is 5.11 Å². The molecule has 1 aromatic rings. The Kier molecular flexibility index (Phi) is 2.45. The van der Waals surface area contributed by atoms with E-state index in [2.05, 4.69) is 5.32 Å². The van der Waals surface area contributed by atoms with E-state index in [-0.39, 0.29) is 0 Å². The maximum absolute atomic E-state index is 10.7. The molecule has 14 heavy (non-hydrogen) atoms. The smallest absolute Gasteiger partial charge is 0.337 e. The largest absolute Gasteiger partial charge is 0.479 e. The number of hydrogen-bond donors (Lipinski definition) is 2. The Morgan fingerprint density at radius 1 is 1.36 bits per heavy atom. The van der Waals surface area contributed by atoms with Crippen molar-refractivity contribution in [3.63, 3.8) is 0 Å². The van der Waals surface area contributed by atoms with Crippen LogP contribution in [0.3, 0.4) is 0 Å². The van der Waals surface area contributed by atoms with Crippen molar-refractivity contribution in [3.05, 3.63) is 42.1 Å². The Bertz CT molecular complexity index is 375. The van der Waals surface area contributed by atoms with E-state index >= 15 is 0 Å². The lowest BCUT2D eigenvalue weighted by Crippen LogP contribution is -2.25. The molecule has 0 aromatic heterocycles. The van der Waals surface area contributed by atoms with Crippen molar-refractivity contribution < 1.29 is 9.90 Å². The van der Waals surface area contributed by atoms with Gasteiger partial charge in [0.1, 0.15) is 0 Å². The summed E-state index contributed by atoms with van der Waals surface area (Å²) < 4.78 is 0. The maximum atomic E-state index is 10.7. The zero-order chi connectivity index (χ0) is 9.97. The van der Waals surface area contributed by atoms with Crippen LogP contribution in [0.5, 0.6) is 0 Å². The molecule has 0 bridgehead atoms. The Morgan fingerprint density at radius 2 is 2.07 bits per heavy atom. The minimum Gasteiger partial charge on any atom is -0.479 e. The minimum atomic E-state index is -0.836. The lowest BCUT2D eigenvalue weighted by molar-refractivity contribution is -0.136. The number of carbonyl (C=O) groups is 1. The predicted octanol–water partition coefficient (Wildman–Crippen LogP) is 1.73. The first-order chi connectivity index (χ1) is 6.77. The minimum absolute atomic E-state index is 0.551. The van der Waals surface area contributed by atoms with Crippen LogP contribution in [0.1, 0.15) is 5.56 Å². The van der Waals surface area contributed by atoms with Crippen LogP contribution in [0, 0.1) is 0 Å². The van der Waals surface area contributed by atoms with Gasteiger partial charge in [-0.15, -0.1) is 0 Å². The molecular weight excluding hydrogens is 198 g/mol. The molecule has 0 amide bonds. The first-order valence-electron chi connectivity index (χ1n) is 4.18. The fraction of sp³-hybridized carbons (Fsp3) is 0.100. The van der Waals surface area contributed by atoms with Gasteiger partial charge in [-0.1, -0.05) is 42.1 Å². The molecule has 0 aliphatic carbocycles. The SMILES string of the molecule is O=C(O)C1NC=C(c2ccccc2)S1. The highest BCUT2D eigenvalue weighted by atomic mass is 32.2. The van der Waals surface area contributed by atoms with Gasteiger partial charge in [-0.25, -0.2) is 4.79 Å². The molecular formula is C10H9NO2S. The average molecular weight is 207 g/mol. The number of thioether (sulfide) groups is 1. The monoisotopic (exact) mass is 207 g/mol. The number of hydrogen-bond acceptors (Lipinski definition) is 3. The van der Waals surface area contributed by atoms with Crippen LogP contribution in [0.4, 0.5) is 0 Å². The molecule has 1 heterocycles. The van der Waals surface area contributed by atoms with Gasteiger partial charge < -0.3 is 10.4 Å². The normalized spacial score (nSPS) is 20.0. The van der Waals surface area contributed by atoms with Gasteiger partial charge in [-0.05, 0) is 5.56 Å². The predicted molar refractivity (Wildman–Crippen MR) is 56.6 cm³/mol. The van der Waals surface area contributed by atoms with E-state index in [0.717, 1.165) is 10.5 Å². The van der Waals surface area contributed by atoms with Gasteiger partial charge in [0.2, 0.25) is 0 Å². The maximum Gasteiger partial charge on any atom is 0.337 e. The summed E-state index contributed by atoms with van der Waals surface area (Å²) in [5, 5.41) is 11.0. The first kappa shape index (κ1) is 9.15. The van der Waals surface area contributed by atoms with E-state index < -0.39 is 11.3 Å². The number of aliphatic carboxylic acids is 1. The zero-order valence-corrected chi connectivity index (χ0v) is 8.12. The highest BCUT2D eigenvalue weighted by Crippen LogP contribution is 2.33. The molecule has 0 spiro atoms. The Morgan fingerprint density at radius 3 is 2.64 bits per heavy atom. The molecule has 1 aliphatic rings. The molecule has 72 valence electrons. The summed E-state index contributed by atoms with van der Waals surface area (Å²) in [6.07, 6.45) is 1.75. The lowest BCUT2D eigenvalue weighted by atomic mass is 10.2. The third-order valence-electron chi connectivity index (χ3n) is 1.89. The highest BCUT2D eigenvalue weighted by Gasteiger charge is 2.24. The topological polar surface area (TPSA) is 49.3 Å². The fourth-order valence-corrected chi connectivity index (χ4v) is 2.12. The van der Waals surface area contributed by atoms with Crippen molar-refractivity contribution in [3.8, 4) is 0 Å². The number of carboxylic acids is 1. The molecule has 2 N–H and O–H groups in total. The molecule has 0 fully saturated rings. The number of carboxylic acid groups (broad SMARTS) is 1. The Balaban J connectivity index is 2.13. The molecule has 0 saturated heterocycles. The van der Waals surface area contributed by atoms with Crippen molar-refractivity contribution >= 4 is 22.6 Å². The third-order valence-corrected chi connectivity index (χ3v) is 3.07. The van der Waals surface area contributed by atoms with Gasteiger partial charge in [0.15, 0.2) is 5.37 Å². The van der Waals surface area contributed by atoms with Gasteiger partial charge in [0, 0.05) is 11.1 Å². The summed E-state index contributed by atoms with van der Waals surface area (Å²) in [6, 6.07) is 9.73. The van der Waals surface area contributed by atoms with E-state index in [9.17, 15) is 4.79 Å². The zero-order valence-electron chi connectivity index (χ0n) is 7.31. The molecule has 0 saturated carbocycles. The second-order valence-electron chi connectivity index (χ2n) is 2.88. The van der Waals surface area contributed by atoms with Crippen LogP contribution in [0.2, 0.25) is 0 Å². The summed E-state index contributed by atoms with van der Waals surface area (Å²) in [5.41, 5.74) is 1.05. The van der Waals surface area contributed by atoms with Crippen molar-refractivity contribution in [1.29, 1.82) is 0 Å². The Hall–Kier alpha value is -1.42. The third kappa shape index (κ3) is 1.75. The summed E-state index contributed by atoms with van der Waals surface area (Å²) in [5.74, 6) is -0.836. The summed E-state index contributed by atoms with van der Waals surface area (Å²) in [7, 11) is 0. The molecule has 1 aromatic carbocycles. The lowest BCUT2D eigenvalue weighted by Gasteiger charge is -2.03. The van der Waals surface area contributed by atoms with Gasteiger partial charge >= 0.3 is 5.97 Å². The number of rotatable bonds is 2. The van der Waals surface area contributed by atoms with Crippen LogP contribution in [0.15, 0.2) is 36.5 Å². The molecule has 0 radical (unpaired) electrons. The van der Waals surface area contributed by atoms with Crippen molar-refractivity contribution in [1.82, 2.24) is 5.32 Å². The summed E-state index contributed by atoms with van der Waals surface area (Å²) >= 11 is 1.32. The van der Waals surface area contributed by atoms with Gasteiger partial charge in [0.05, 0.1) is 0 Å². The number of benzene rings is 1. The van der Waals surface area contributed by atoms with Gasteiger partial charge in [-0.2, -0.15) is 0 Å². The van der Waals surface area contributed by atoms with Crippen LogP contribution >= 0.6 is 11.8 Å². The van der Waals surface area contributed by atoms with E-state index in [1.807, 2.05) is 30.3 Å². The van der Waals surface area contributed by atoms with E-state index in [0.29, 0.717) is 0 Å². The van der Waals surface area contributed by atoms with Crippen LogP contribution in [0.25, 0.3) is 4.91 Å². The van der Waals surface area contributed by atoms with Crippen molar-refractivity contribution in [2.45, 2.75) is 5.37 Å². The van der Waals surface area contributed by atoms with Gasteiger partial charge in [-0.3, -0.25) is 0 Å². The Labute approximate surface area is 85.8 Å².